The standard InChI is InChI=1S/C30H52N8O9/c1-15(2)12-19(35-27(43)24(16(3)4)36-23(41)14-33-22(40)13-31)26(42)37-25(17(5)6)28(44)34-18(9-10-21(32)39)29(45)38-11-7-8-20(38)30(46)47/h15-20,24-25H,7-14,31H2,1-6H3,(H2,32,39)(H,33,40)(H,34,44)(H,35,43)(H,36,41)(H,37,42)(H,46,47)/t18-,19-,20-,24-,25-/m0/s1. The first-order valence-electron chi connectivity index (χ1n) is 15.9. The van der Waals surface area contributed by atoms with Crippen molar-refractivity contribution < 1.29 is 43.5 Å². The van der Waals surface area contributed by atoms with E-state index in [1.165, 1.54) is 0 Å². The van der Waals surface area contributed by atoms with Crippen LogP contribution in [0.25, 0.3) is 0 Å². The van der Waals surface area contributed by atoms with Crippen molar-refractivity contribution in [1.82, 2.24) is 31.5 Å². The Hall–Kier alpha value is -4.28. The van der Waals surface area contributed by atoms with Gasteiger partial charge >= 0.3 is 5.97 Å². The first-order chi connectivity index (χ1) is 21.9. The number of nitrogens with one attached hydrogen (secondary N) is 5. The quantitative estimate of drug-likeness (QED) is 0.0729. The van der Waals surface area contributed by atoms with Crippen LogP contribution in [0.1, 0.15) is 73.6 Å². The summed E-state index contributed by atoms with van der Waals surface area (Å²) in [6, 6.07) is -5.69. The smallest absolute Gasteiger partial charge is 0.326 e. The number of nitrogens with zero attached hydrogens (tertiary/aromatic N) is 1. The van der Waals surface area contributed by atoms with Gasteiger partial charge in [0.1, 0.15) is 30.2 Å². The number of nitrogens with two attached hydrogens (primary N) is 2. The van der Waals surface area contributed by atoms with Gasteiger partial charge in [-0.3, -0.25) is 33.6 Å². The van der Waals surface area contributed by atoms with E-state index in [1.807, 2.05) is 13.8 Å². The van der Waals surface area contributed by atoms with Crippen LogP contribution >= 0.6 is 0 Å². The molecule has 10 N–H and O–H groups in total. The van der Waals surface area contributed by atoms with E-state index >= 15 is 0 Å². The summed E-state index contributed by atoms with van der Waals surface area (Å²) < 4.78 is 0. The lowest BCUT2D eigenvalue weighted by Crippen LogP contribution is -2.60. The van der Waals surface area contributed by atoms with Gasteiger partial charge in [-0.2, -0.15) is 0 Å². The highest BCUT2D eigenvalue weighted by atomic mass is 16.4. The number of hydrogen-bond acceptors (Lipinski definition) is 9. The highest BCUT2D eigenvalue weighted by Gasteiger charge is 2.39. The average Bonchev–Trinajstić information content (AvgIpc) is 3.48. The number of rotatable bonds is 19. The monoisotopic (exact) mass is 668 g/mol. The first kappa shape index (κ1) is 40.7. The Bertz CT molecular complexity index is 1160. The van der Waals surface area contributed by atoms with Gasteiger partial charge in [0.05, 0.1) is 13.1 Å². The van der Waals surface area contributed by atoms with Crippen molar-refractivity contribution in [3.05, 3.63) is 0 Å². The van der Waals surface area contributed by atoms with Crippen molar-refractivity contribution in [1.29, 1.82) is 0 Å². The molecule has 1 saturated heterocycles. The van der Waals surface area contributed by atoms with Crippen LogP contribution in [0.15, 0.2) is 0 Å². The number of aliphatic carboxylic acids is 1. The van der Waals surface area contributed by atoms with Crippen LogP contribution in [0.4, 0.5) is 0 Å². The molecule has 47 heavy (non-hydrogen) atoms. The predicted octanol–water partition coefficient (Wildman–Crippen LogP) is -2.30. The maximum atomic E-state index is 13.6. The van der Waals surface area contributed by atoms with Crippen molar-refractivity contribution in [2.24, 2.45) is 29.2 Å². The normalized spacial score (nSPS) is 17.0. The van der Waals surface area contributed by atoms with Crippen LogP contribution in [-0.4, -0.2) is 107 Å². The molecule has 0 bridgehead atoms. The molecule has 0 aromatic rings. The van der Waals surface area contributed by atoms with Crippen molar-refractivity contribution in [2.45, 2.75) is 104 Å². The number of hydrogen-bond donors (Lipinski definition) is 8. The van der Waals surface area contributed by atoms with Crippen LogP contribution < -0.4 is 38.1 Å². The summed E-state index contributed by atoms with van der Waals surface area (Å²) in [5.41, 5.74) is 10.5. The van der Waals surface area contributed by atoms with E-state index in [9.17, 15) is 43.5 Å². The van der Waals surface area contributed by atoms with Crippen LogP contribution in [0.3, 0.4) is 0 Å². The highest BCUT2D eigenvalue weighted by molar-refractivity contribution is 5.96. The van der Waals surface area contributed by atoms with Crippen LogP contribution in [-0.2, 0) is 38.4 Å². The lowest BCUT2D eigenvalue weighted by atomic mass is 9.98. The molecule has 7 amide bonds. The molecule has 17 nitrogen and oxygen atoms in total. The molecule has 1 fully saturated rings. The lowest BCUT2D eigenvalue weighted by Gasteiger charge is -2.31. The van der Waals surface area contributed by atoms with Gasteiger partial charge in [0.25, 0.3) is 0 Å². The molecular weight excluding hydrogens is 616 g/mol. The van der Waals surface area contributed by atoms with E-state index in [4.69, 9.17) is 11.5 Å². The summed E-state index contributed by atoms with van der Waals surface area (Å²) in [6.07, 6.45) is 0.458. The second kappa shape index (κ2) is 19.4. The molecule has 0 aromatic carbocycles. The van der Waals surface area contributed by atoms with Gasteiger partial charge < -0.3 is 48.1 Å². The minimum atomic E-state index is -1.27. The third kappa shape index (κ3) is 13.5. The minimum Gasteiger partial charge on any atom is -0.480 e. The Labute approximate surface area is 275 Å². The maximum Gasteiger partial charge on any atom is 0.326 e. The Balaban J connectivity index is 3.14. The number of likely N-dealkylation sites (tertiary alicyclic amines) is 1. The topological polar surface area (TPSA) is 272 Å². The number of carbonyl (C=O) groups is 8. The summed E-state index contributed by atoms with van der Waals surface area (Å²) in [6.45, 7) is 9.83. The second-order valence-corrected chi connectivity index (χ2v) is 12.8. The van der Waals surface area contributed by atoms with Crippen LogP contribution in [0.5, 0.6) is 0 Å². The number of amides is 7. The largest absolute Gasteiger partial charge is 0.480 e. The molecule has 0 aliphatic carbocycles. The minimum absolute atomic E-state index is 0.0746. The summed E-state index contributed by atoms with van der Waals surface area (Å²) in [4.78, 5) is 102. The molecule has 1 aliphatic rings. The van der Waals surface area contributed by atoms with Gasteiger partial charge in [-0.1, -0.05) is 41.5 Å². The molecule has 0 saturated carbocycles. The van der Waals surface area contributed by atoms with Gasteiger partial charge in [-0.15, -0.1) is 0 Å². The Morgan fingerprint density at radius 2 is 1.34 bits per heavy atom. The molecule has 1 rings (SSSR count). The van der Waals surface area contributed by atoms with Crippen LogP contribution in [0, 0.1) is 17.8 Å². The average molecular weight is 669 g/mol. The zero-order valence-corrected chi connectivity index (χ0v) is 28.1. The highest BCUT2D eigenvalue weighted by Crippen LogP contribution is 2.20. The molecule has 5 atom stereocenters. The second-order valence-electron chi connectivity index (χ2n) is 12.8. The van der Waals surface area contributed by atoms with Crippen LogP contribution in [0.2, 0.25) is 0 Å². The fourth-order valence-corrected chi connectivity index (χ4v) is 5.06. The van der Waals surface area contributed by atoms with E-state index in [2.05, 4.69) is 26.6 Å². The third-order valence-electron chi connectivity index (χ3n) is 7.60. The van der Waals surface area contributed by atoms with Crippen molar-refractivity contribution in [3.63, 3.8) is 0 Å². The van der Waals surface area contributed by atoms with E-state index in [0.717, 1.165) is 4.90 Å². The molecule has 266 valence electrons. The van der Waals surface area contributed by atoms with E-state index < -0.39 is 95.9 Å². The van der Waals surface area contributed by atoms with Crippen molar-refractivity contribution >= 4 is 47.3 Å². The summed E-state index contributed by atoms with van der Waals surface area (Å²) >= 11 is 0. The Morgan fingerprint density at radius 3 is 1.83 bits per heavy atom. The number of carbonyl (C=O) groups excluding carboxylic acids is 7. The molecule has 0 radical (unpaired) electrons. The Morgan fingerprint density at radius 1 is 0.787 bits per heavy atom. The van der Waals surface area contributed by atoms with E-state index in [0.29, 0.717) is 6.42 Å². The molecule has 17 heteroatoms. The van der Waals surface area contributed by atoms with Gasteiger partial charge in [-0.25, -0.2) is 4.79 Å². The van der Waals surface area contributed by atoms with Gasteiger partial charge in [0, 0.05) is 13.0 Å². The molecule has 0 aromatic heterocycles. The summed E-state index contributed by atoms with van der Waals surface area (Å²) in [5, 5.41) is 22.3. The SMILES string of the molecule is CC(C)C[C@H](NC(=O)[C@@H](NC(=O)CNC(=O)CN)C(C)C)C(=O)N[C@H](C(=O)N[C@@H](CCC(N)=O)C(=O)N1CCC[C@H]1C(=O)O)C(C)C. The zero-order valence-electron chi connectivity index (χ0n) is 28.1. The summed E-state index contributed by atoms with van der Waals surface area (Å²) in [5.74, 6) is -6.80. The van der Waals surface area contributed by atoms with Gasteiger partial charge in [-0.05, 0) is 43.4 Å². The number of primary amides is 1. The zero-order chi connectivity index (χ0) is 36.0. The Kier molecular flexibility index (Phi) is 16.8. The molecule has 1 heterocycles. The fraction of sp³-hybridized carbons (Fsp3) is 0.733. The van der Waals surface area contributed by atoms with Gasteiger partial charge in [0.15, 0.2) is 0 Å². The predicted molar refractivity (Wildman–Crippen MR) is 170 cm³/mol. The third-order valence-corrected chi connectivity index (χ3v) is 7.60. The summed E-state index contributed by atoms with van der Waals surface area (Å²) in [7, 11) is 0. The van der Waals surface area contributed by atoms with Crippen molar-refractivity contribution in [3.8, 4) is 0 Å². The lowest BCUT2D eigenvalue weighted by molar-refractivity contribution is -0.149. The van der Waals surface area contributed by atoms with E-state index in [-0.39, 0.29) is 44.7 Å². The first-order valence-corrected chi connectivity index (χ1v) is 15.9. The van der Waals surface area contributed by atoms with E-state index in [1.54, 1.807) is 27.7 Å². The molecule has 1 aliphatic heterocycles. The molecular formula is C30H52N8O9. The number of carboxylic acids is 1. The molecule has 0 spiro atoms. The van der Waals surface area contributed by atoms with Gasteiger partial charge in [0.2, 0.25) is 41.4 Å². The fourth-order valence-electron chi connectivity index (χ4n) is 5.06. The number of carboxylic acid groups (broad SMARTS) is 1. The van der Waals surface area contributed by atoms with Crippen molar-refractivity contribution in [2.75, 3.05) is 19.6 Å². The maximum absolute atomic E-state index is 13.6. The molecule has 0 unspecified atom stereocenters.